The quantitative estimate of drug-likeness (QED) is 0.793. The van der Waals surface area contributed by atoms with Crippen molar-refractivity contribution in [2.24, 2.45) is 5.92 Å². The van der Waals surface area contributed by atoms with Crippen LogP contribution in [0.4, 0.5) is 10.1 Å². The van der Waals surface area contributed by atoms with Crippen molar-refractivity contribution in [3.05, 3.63) is 65.5 Å². The van der Waals surface area contributed by atoms with Crippen LogP contribution in [0.15, 0.2) is 48.5 Å². The van der Waals surface area contributed by atoms with E-state index >= 15 is 0 Å². The van der Waals surface area contributed by atoms with Crippen molar-refractivity contribution in [2.45, 2.75) is 25.9 Å². The molecule has 0 bridgehead atoms. The summed E-state index contributed by atoms with van der Waals surface area (Å²) < 4.78 is 18.4. The smallest absolute Gasteiger partial charge is 0.223 e. The summed E-state index contributed by atoms with van der Waals surface area (Å²) in [5.74, 6) is 0.0145. The first-order valence-corrected chi connectivity index (χ1v) is 10.8. The van der Waals surface area contributed by atoms with E-state index in [1.54, 1.807) is 0 Å². The third-order valence-electron chi connectivity index (χ3n) is 6.06. The zero-order chi connectivity index (χ0) is 20.8. The van der Waals surface area contributed by atoms with Crippen molar-refractivity contribution in [3.8, 4) is 0 Å². The third kappa shape index (κ3) is 5.58. The van der Waals surface area contributed by atoms with Gasteiger partial charge in [-0.2, -0.15) is 0 Å². The van der Waals surface area contributed by atoms with Gasteiger partial charge in [-0.3, -0.25) is 9.69 Å². The van der Waals surface area contributed by atoms with Gasteiger partial charge in [-0.05, 0) is 61.3 Å². The molecular weight excluding hydrogens is 381 g/mol. The second-order valence-electron chi connectivity index (χ2n) is 8.16. The van der Waals surface area contributed by atoms with E-state index in [4.69, 9.17) is 4.74 Å². The minimum absolute atomic E-state index is 0.0714. The zero-order valence-corrected chi connectivity index (χ0v) is 17.4. The second-order valence-corrected chi connectivity index (χ2v) is 8.16. The number of likely N-dealkylation sites (tertiary alicyclic amines) is 1. The fraction of sp³-hybridized carbons (Fsp3) is 0.458. The molecule has 5 nitrogen and oxygen atoms in total. The Balaban J connectivity index is 1.20. The van der Waals surface area contributed by atoms with Crippen LogP contribution in [0.3, 0.4) is 0 Å². The first-order chi connectivity index (χ1) is 14.7. The molecule has 4 rings (SSSR count). The number of carbonyl (C=O) groups excluding carboxylic acids is 1. The van der Waals surface area contributed by atoms with Gasteiger partial charge in [0.05, 0.1) is 13.2 Å². The first-order valence-electron chi connectivity index (χ1n) is 10.8. The van der Waals surface area contributed by atoms with Crippen LogP contribution in [0.25, 0.3) is 0 Å². The van der Waals surface area contributed by atoms with Crippen LogP contribution >= 0.6 is 0 Å². The van der Waals surface area contributed by atoms with Gasteiger partial charge < -0.3 is 15.0 Å². The second kappa shape index (κ2) is 10.0. The lowest BCUT2D eigenvalue weighted by Gasteiger charge is -2.31. The number of piperidine rings is 1. The zero-order valence-electron chi connectivity index (χ0n) is 17.4. The van der Waals surface area contributed by atoms with E-state index in [1.165, 1.54) is 17.8 Å². The van der Waals surface area contributed by atoms with Crippen molar-refractivity contribution >= 4 is 11.6 Å². The van der Waals surface area contributed by atoms with Crippen LogP contribution in [0.1, 0.15) is 24.0 Å². The molecule has 1 N–H and O–H groups in total. The average Bonchev–Trinajstić information content (AvgIpc) is 2.80. The molecule has 0 spiro atoms. The SMILES string of the molecule is O=C(NCc1ccc(N2CCOCC2)cc1)C1CCN(Cc2ccc(F)cc2)CC1. The molecule has 2 aromatic rings. The largest absolute Gasteiger partial charge is 0.378 e. The van der Waals surface area contributed by atoms with Gasteiger partial charge in [0.1, 0.15) is 5.82 Å². The van der Waals surface area contributed by atoms with Gasteiger partial charge in [0.2, 0.25) is 5.91 Å². The van der Waals surface area contributed by atoms with Gasteiger partial charge in [0, 0.05) is 37.8 Å². The molecule has 2 fully saturated rings. The Morgan fingerprint density at radius 3 is 2.23 bits per heavy atom. The summed E-state index contributed by atoms with van der Waals surface area (Å²) in [6.07, 6.45) is 1.73. The number of morpholine rings is 1. The van der Waals surface area contributed by atoms with Gasteiger partial charge in [-0.15, -0.1) is 0 Å². The number of amides is 1. The maximum absolute atomic E-state index is 13.0. The molecule has 2 aliphatic rings. The molecule has 0 radical (unpaired) electrons. The molecule has 2 heterocycles. The molecular formula is C24H30FN3O2. The van der Waals surface area contributed by atoms with Crippen LogP contribution in [0.2, 0.25) is 0 Å². The summed E-state index contributed by atoms with van der Waals surface area (Å²) in [4.78, 5) is 17.3. The Bertz CT molecular complexity index is 811. The van der Waals surface area contributed by atoms with Gasteiger partial charge >= 0.3 is 0 Å². The number of rotatable bonds is 6. The monoisotopic (exact) mass is 411 g/mol. The molecule has 0 unspecified atom stereocenters. The molecule has 0 aliphatic carbocycles. The lowest BCUT2D eigenvalue weighted by molar-refractivity contribution is -0.126. The summed E-state index contributed by atoms with van der Waals surface area (Å²) in [6.45, 7) is 6.57. The number of benzene rings is 2. The number of nitrogens with one attached hydrogen (secondary N) is 1. The highest BCUT2D eigenvalue weighted by Gasteiger charge is 2.24. The van der Waals surface area contributed by atoms with Gasteiger partial charge in [-0.1, -0.05) is 24.3 Å². The number of ether oxygens (including phenoxy) is 1. The summed E-state index contributed by atoms with van der Waals surface area (Å²) >= 11 is 0. The van der Waals surface area contributed by atoms with Crippen LogP contribution in [0.5, 0.6) is 0 Å². The van der Waals surface area contributed by atoms with Crippen LogP contribution in [-0.4, -0.2) is 50.2 Å². The standard InChI is InChI=1S/C24H30FN3O2/c25-22-5-1-20(2-6-22)18-27-11-9-21(10-12-27)24(29)26-17-19-3-7-23(8-4-19)28-13-15-30-16-14-28/h1-8,21H,9-18H2,(H,26,29). The van der Waals surface area contributed by atoms with Gasteiger partial charge in [-0.25, -0.2) is 4.39 Å². The van der Waals surface area contributed by atoms with E-state index in [-0.39, 0.29) is 17.6 Å². The maximum atomic E-state index is 13.0. The summed E-state index contributed by atoms with van der Waals surface area (Å²) in [5, 5.41) is 3.11. The highest BCUT2D eigenvalue weighted by atomic mass is 19.1. The number of hydrogen-bond donors (Lipinski definition) is 1. The minimum atomic E-state index is -0.204. The predicted octanol–water partition coefficient (Wildman–Crippen LogP) is 3.19. The summed E-state index contributed by atoms with van der Waals surface area (Å²) in [7, 11) is 0. The fourth-order valence-corrected chi connectivity index (χ4v) is 4.18. The molecule has 0 saturated carbocycles. The normalized spacial score (nSPS) is 18.4. The van der Waals surface area contributed by atoms with E-state index in [0.717, 1.165) is 69.9 Å². The van der Waals surface area contributed by atoms with Crippen molar-refractivity contribution < 1.29 is 13.9 Å². The predicted molar refractivity (Wildman–Crippen MR) is 116 cm³/mol. The molecule has 2 aromatic carbocycles. The molecule has 2 aliphatic heterocycles. The van der Waals surface area contributed by atoms with Gasteiger partial charge in [0.15, 0.2) is 0 Å². The van der Waals surface area contributed by atoms with E-state index in [0.29, 0.717) is 6.54 Å². The van der Waals surface area contributed by atoms with Crippen molar-refractivity contribution in [2.75, 3.05) is 44.3 Å². The first kappa shape index (κ1) is 20.8. The highest BCUT2D eigenvalue weighted by Crippen LogP contribution is 2.20. The lowest BCUT2D eigenvalue weighted by atomic mass is 9.95. The Morgan fingerprint density at radius 1 is 0.933 bits per heavy atom. The van der Waals surface area contributed by atoms with Crippen molar-refractivity contribution in [1.82, 2.24) is 10.2 Å². The fourth-order valence-electron chi connectivity index (χ4n) is 4.18. The number of anilines is 1. The Morgan fingerprint density at radius 2 is 1.57 bits per heavy atom. The van der Waals surface area contributed by atoms with Crippen LogP contribution in [-0.2, 0) is 22.6 Å². The van der Waals surface area contributed by atoms with E-state index < -0.39 is 0 Å². The third-order valence-corrected chi connectivity index (χ3v) is 6.06. The van der Waals surface area contributed by atoms with Crippen LogP contribution < -0.4 is 10.2 Å². The van der Waals surface area contributed by atoms with E-state index in [2.05, 4.69) is 39.4 Å². The molecule has 2 saturated heterocycles. The topological polar surface area (TPSA) is 44.8 Å². The molecule has 0 aromatic heterocycles. The van der Waals surface area contributed by atoms with Gasteiger partial charge in [0.25, 0.3) is 0 Å². The summed E-state index contributed by atoms with van der Waals surface area (Å²) in [6, 6.07) is 15.1. The number of nitrogens with zero attached hydrogens (tertiary/aromatic N) is 2. The van der Waals surface area contributed by atoms with E-state index in [9.17, 15) is 9.18 Å². The van der Waals surface area contributed by atoms with Crippen molar-refractivity contribution in [1.29, 1.82) is 0 Å². The Hall–Kier alpha value is -2.44. The highest BCUT2D eigenvalue weighted by molar-refractivity contribution is 5.78. The Kier molecular flexibility index (Phi) is 6.97. The number of halogens is 1. The molecule has 0 atom stereocenters. The molecule has 160 valence electrons. The van der Waals surface area contributed by atoms with Crippen molar-refractivity contribution in [3.63, 3.8) is 0 Å². The lowest BCUT2D eigenvalue weighted by Crippen LogP contribution is -2.40. The maximum Gasteiger partial charge on any atom is 0.223 e. The number of hydrogen-bond acceptors (Lipinski definition) is 4. The number of carbonyl (C=O) groups is 1. The van der Waals surface area contributed by atoms with Crippen LogP contribution in [0, 0.1) is 11.7 Å². The molecule has 6 heteroatoms. The van der Waals surface area contributed by atoms with E-state index in [1.807, 2.05) is 12.1 Å². The average molecular weight is 412 g/mol. The molecule has 30 heavy (non-hydrogen) atoms. The summed E-state index contributed by atoms with van der Waals surface area (Å²) in [5.41, 5.74) is 3.44. The Labute approximate surface area is 177 Å². The molecule has 1 amide bonds. The minimum Gasteiger partial charge on any atom is -0.378 e.